The summed E-state index contributed by atoms with van der Waals surface area (Å²) in [5.74, 6) is -0.187. The molecule has 20 heavy (non-hydrogen) atoms. The molecule has 0 saturated heterocycles. The van der Waals surface area contributed by atoms with Crippen molar-refractivity contribution < 1.29 is 4.79 Å². The molecule has 0 fully saturated rings. The van der Waals surface area contributed by atoms with Gasteiger partial charge in [-0.25, -0.2) is 4.98 Å². The van der Waals surface area contributed by atoms with Crippen LogP contribution < -0.4 is 11.1 Å². The molecule has 1 amide bonds. The summed E-state index contributed by atoms with van der Waals surface area (Å²) in [5, 5.41) is 5.31. The largest absolute Gasteiger partial charge is 0.318 e. The minimum absolute atomic E-state index is 0.187. The molecule has 0 bridgehead atoms. The molecule has 1 aromatic carbocycles. The number of carbonyl (C=O) groups excluding carboxylic acids is 1. The van der Waals surface area contributed by atoms with Crippen LogP contribution in [0.2, 0.25) is 0 Å². The third-order valence-electron chi connectivity index (χ3n) is 3.08. The summed E-state index contributed by atoms with van der Waals surface area (Å²) in [6, 6.07) is 9.87. The standard InChI is InChI=1S/C15H19N3OS/c1-3-9-15(2,16)13(19)18-14-17-12(10-20-14)11-7-5-4-6-8-11/h4-8,10H,3,9,16H2,1-2H3,(H,17,18,19). The van der Waals surface area contributed by atoms with Gasteiger partial charge in [0.2, 0.25) is 5.91 Å². The number of rotatable bonds is 5. The van der Waals surface area contributed by atoms with Gasteiger partial charge in [-0.05, 0) is 13.3 Å². The van der Waals surface area contributed by atoms with E-state index in [0.29, 0.717) is 11.6 Å². The van der Waals surface area contributed by atoms with Crippen LogP contribution in [0.5, 0.6) is 0 Å². The molecule has 1 heterocycles. The zero-order valence-corrected chi connectivity index (χ0v) is 12.5. The number of benzene rings is 1. The predicted octanol–water partition coefficient (Wildman–Crippen LogP) is 3.27. The first-order valence-corrected chi connectivity index (χ1v) is 7.52. The first kappa shape index (κ1) is 14.7. The van der Waals surface area contributed by atoms with Crippen LogP contribution >= 0.6 is 11.3 Å². The summed E-state index contributed by atoms with van der Waals surface area (Å²) in [5.41, 5.74) is 7.04. The fourth-order valence-electron chi connectivity index (χ4n) is 1.95. The fraction of sp³-hybridized carbons (Fsp3) is 0.333. The Morgan fingerprint density at radius 3 is 2.75 bits per heavy atom. The predicted molar refractivity (Wildman–Crippen MR) is 83.7 cm³/mol. The Balaban J connectivity index is 2.09. The van der Waals surface area contributed by atoms with Crippen LogP contribution in [0.15, 0.2) is 35.7 Å². The molecule has 0 spiro atoms. The van der Waals surface area contributed by atoms with Gasteiger partial charge < -0.3 is 11.1 Å². The zero-order valence-electron chi connectivity index (χ0n) is 11.7. The molecule has 2 rings (SSSR count). The van der Waals surface area contributed by atoms with Crippen LogP contribution in [0.1, 0.15) is 26.7 Å². The van der Waals surface area contributed by atoms with Crippen LogP contribution in [-0.4, -0.2) is 16.4 Å². The lowest BCUT2D eigenvalue weighted by atomic mass is 9.97. The first-order chi connectivity index (χ1) is 9.53. The van der Waals surface area contributed by atoms with Crippen molar-refractivity contribution in [2.75, 3.05) is 5.32 Å². The second kappa shape index (κ2) is 6.15. The molecule has 0 aliphatic carbocycles. The molecule has 0 saturated carbocycles. The molecular weight excluding hydrogens is 270 g/mol. The molecule has 0 aliphatic heterocycles. The number of thiazole rings is 1. The Bertz CT molecular complexity index is 578. The number of nitrogens with zero attached hydrogens (tertiary/aromatic N) is 1. The highest BCUT2D eigenvalue weighted by Crippen LogP contribution is 2.25. The maximum Gasteiger partial charge on any atom is 0.245 e. The Hall–Kier alpha value is -1.72. The minimum Gasteiger partial charge on any atom is -0.318 e. The average molecular weight is 289 g/mol. The monoisotopic (exact) mass is 289 g/mol. The van der Waals surface area contributed by atoms with E-state index in [2.05, 4.69) is 10.3 Å². The Morgan fingerprint density at radius 2 is 2.10 bits per heavy atom. The van der Waals surface area contributed by atoms with Gasteiger partial charge >= 0.3 is 0 Å². The molecule has 0 aliphatic rings. The van der Waals surface area contributed by atoms with Crippen molar-refractivity contribution in [3.8, 4) is 11.3 Å². The maximum absolute atomic E-state index is 12.1. The highest BCUT2D eigenvalue weighted by Gasteiger charge is 2.27. The van der Waals surface area contributed by atoms with Gasteiger partial charge in [-0.3, -0.25) is 4.79 Å². The SMILES string of the molecule is CCCC(C)(N)C(=O)Nc1nc(-c2ccccc2)cs1. The smallest absolute Gasteiger partial charge is 0.245 e. The highest BCUT2D eigenvalue weighted by atomic mass is 32.1. The average Bonchev–Trinajstić information content (AvgIpc) is 2.88. The van der Waals surface area contributed by atoms with Crippen molar-refractivity contribution >= 4 is 22.4 Å². The molecule has 2 aromatic rings. The van der Waals surface area contributed by atoms with Crippen molar-refractivity contribution in [3.05, 3.63) is 35.7 Å². The number of hydrogen-bond acceptors (Lipinski definition) is 4. The van der Waals surface area contributed by atoms with Crippen LogP contribution in [0.3, 0.4) is 0 Å². The summed E-state index contributed by atoms with van der Waals surface area (Å²) in [6.07, 6.45) is 1.52. The van der Waals surface area contributed by atoms with Crippen molar-refractivity contribution in [1.29, 1.82) is 0 Å². The molecule has 0 radical (unpaired) electrons. The lowest BCUT2D eigenvalue weighted by molar-refractivity contribution is -0.120. The van der Waals surface area contributed by atoms with Crippen LogP contribution in [0.25, 0.3) is 11.3 Å². The molecule has 106 valence electrons. The van der Waals surface area contributed by atoms with E-state index in [1.165, 1.54) is 11.3 Å². The van der Waals surface area contributed by atoms with E-state index in [4.69, 9.17) is 5.73 Å². The Kier molecular flexibility index (Phi) is 4.52. The summed E-state index contributed by atoms with van der Waals surface area (Å²) in [7, 11) is 0. The lowest BCUT2D eigenvalue weighted by Crippen LogP contribution is -2.48. The Labute approximate surface area is 123 Å². The number of carbonyl (C=O) groups is 1. The van der Waals surface area contributed by atoms with E-state index < -0.39 is 5.54 Å². The normalized spacial score (nSPS) is 13.8. The quantitative estimate of drug-likeness (QED) is 0.887. The number of nitrogens with one attached hydrogen (secondary N) is 1. The van der Waals surface area contributed by atoms with Gasteiger partial charge in [-0.1, -0.05) is 43.7 Å². The summed E-state index contributed by atoms with van der Waals surface area (Å²) >= 11 is 1.41. The third-order valence-corrected chi connectivity index (χ3v) is 3.84. The van der Waals surface area contributed by atoms with E-state index >= 15 is 0 Å². The van der Waals surface area contributed by atoms with Gasteiger partial charge in [0.15, 0.2) is 5.13 Å². The lowest BCUT2D eigenvalue weighted by Gasteiger charge is -2.21. The van der Waals surface area contributed by atoms with Crippen molar-refractivity contribution in [1.82, 2.24) is 4.98 Å². The Morgan fingerprint density at radius 1 is 1.40 bits per heavy atom. The van der Waals surface area contributed by atoms with Crippen LogP contribution in [-0.2, 0) is 4.79 Å². The number of amides is 1. The van der Waals surface area contributed by atoms with Crippen molar-refractivity contribution in [2.45, 2.75) is 32.2 Å². The summed E-state index contributed by atoms with van der Waals surface area (Å²) in [6.45, 7) is 3.76. The highest BCUT2D eigenvalue weighted by molar-refractivity contribution is 7.14. The van der Waals surface area contributed by atoms with E-state index in [-0.39, 0.29) is 5.91 Å². The second-order valence-electron chi connectivity index (χ2n) is 5.03. The van der Waals surface area contributed by atoms with E-state index in [1.54, 1.807) is 6.92 Å². The van der Waals surface area contributed by atoms with Gasteiger partial charge in [0.25, 0.3) is 0 Å². The minimum atomic E-state index is -0.854. The molecule has 1 aromatic heterocycles. The molecule has 5 heteroatoms. The van der Waals surface area contributed by atoms with Gasteiger partial charge in [0.1, 0.15) is 0 Å². The van der Waals surface area contributed by atoms with Crippen LogP contribution in [0, 0.1) is 0 Å². The van der Waals surface area contributed by atoms with E-state index in [9.17, 15) is 4.79 Å². The molecule has 1 atom stereocenters. The molecular formula is C15H19N3OS. The topological polar surface area (TPSA) is 68.0 Å². The van der Waals surface area contributed by atoms with Gasteiger partial charge in [0, 0.05) is 10.9 Å². The molecule has 4 nitrogen and oxygen atoms in total. The summed E-state index contributed by atoms with van der Waals surface area (Å²) < 4.78 is 0. The second-order valence-corrected chi connectivity index (χ2v) is 5.88. The van der Waals surface area contributed by atoms with E-state index in [1.807, 2.05) is 42.6 Å². The first-order valence-electron chi connectivity index (χ1n) is 6.64. The number of anilines is 1. The molecule has 3 N–H and O–H groups in total. The van der Waals surface area contributed by atoms with E-state index in [0.717, 1.165) is 17.7 Å². The maximum atomic E-state index is 12.1. The fourth-order valence-corrected chi connectivity index (χ4v) is 2.66. The molecule has 1 unspecified atom stereocenters. The van der Waals surface area contributed by atoms with Gasteiger partial charge in [0.05, 0.1) is 11.2 Å². The summed E-state index contributed by atoms with van der Waals surface area (Å²) in [4.78, 5) is 16.5. The number of hydrogen-bond donors (Lipinski definition) is 2. The van der Waals surface area contributed by atoms with Crippen molar-refractivity contribution in [2.24, 2.45) is 5.73 Å². The zero-order chi connectivity index (χ0) is 14.6. The van der Waals surface area contributed by atoms with Gasteiger partial charge in [-0.2, -0.15) is 0 Å². The third kappa shape index (κ3) is 3.43. The number of nitrogens with two attached hydrogens (primary N) is 1. The van der Waals surface area contributed by atoms with Crippen molar-refractivity contribution in [3.63, 3.8) is 0 Å². The number of aromatic nitrogens is 1. The van der Waals surface area contributed by atoms with Crippen LogP contribution in [0.4, 0.5) is 5.13 Å². The van der Waals surface area contributed by atoms with Gasteiger partial charge in [-0.15, -0.1) is 11.3 Å².